The maximum Gasteiger partial charge on any atom is 0.383 e. The molecule has 2 heteroatoms. The number of carbonyl (C=O) groups excluding carboxylic acids is 1. The van der Waals surface area contributed by atoms with Gasteiger partial charge in [-0.3, -0.25) is 0 Å². The molecule has 1 heterocycles. The van der Waals surface area contributed by atoms with E-state index in [0.29, 0.717) is 0 Å². The second-order valence-corrected chi connectivity index (χ2v) is 2.39. The highest BCUT2D eigenvalue weighted by Gasteiger charge is 2.13. The van der Waals surface area contributed by atoms with Crippen LogP contribution in [-0.4, -0.2) is 23.2 Å². The van der Waals surface area contributed by atoms with Crippen molar-refractivity contribution < 1.29 is 9.37 Å². The fraction of sp³-hybridized carbons (Fsp3) is 0.714. The van der Waals surface area contributed by atoms with Crippen molar-refractivity contribution in [3.8, 4) is 0 Å². The molecule has 9 heavy (non-hydrogen) atoms. The van der Waals surface area contributed by atoms with Crippen LogP contribution in [0.2, 0.25) is 0 Å². The Kier molecular flexibility index (Phi) is 1.98. The van der Waals surface area contributed by atoms with Gasteiger partial charge in [0.25, 0.3) is 0 Å². The summed E-state index contributed by atoms with van der Waals surface area (Å²) >= 11 is 0. The maximum atomic E-state index is 10.7. The first-order chi connectivity index (χ1) is 4.30. The fourth-order valence-corrected chi connectivity index (χ4v) is 1.05. The van der Waals surface area contributed by atoms with E-state index >= 15 is 0 Å². The summed E-state index contributed by atoms with van der Waals surface area (Å²) < 4.78 is 1.80. The molecule has 0 unspecified atom stereocenters. The zero-order chi connectivity index (χ0) is 6.69. The van der Waals surface area contributed by atoms with Crippen LogP contribution in [0.5, 0.6) is 0 Å². The van der Waals surface area contributed by atoms with Crippen LogP contribution >= 0.6 is 0 Å². The van der Waals surface area contributed by atoms with Crippen LogP contribution in [0.25, 0.3) is 0 Å². The molecule has 0 spiro atoms. The summed E-state index contributed by atoms with van der Waals surface area (Å²) in [6.07, 6.45) is 5.46. The topological polar surface area (TPSA) is 20.1 Å². The third-order valence-corrected chi connectivity index (χ3v) is 1.61. The zero-order valence-electron chi connectivity index (χ0n) is 5.76. The Bertz CT molecular complexity index is 149. The largest absolute Gasteiger partial charge is 0.383 e. The summed E-state index contributed by atoms with van der Waals surface area (Å²) in [7, 11) is 0. The monoisotopic (exact) mass is 128 g/mol. The smallest absolute Gasteiger partial charge is 0.220 e. The van der Waals surface area contributed by atoms with Gasteiger partial charge in [-0.25, -0.2) is 4.79 Å². The van der Waals surface area contributed by atoms with Crippen molar-refractivity contribution in [2.45, 2.75) is 26.2 Å². The quantitative estimate of drug-likeness (QED) is 0.268. The Labute approximate surface area is 55.2 Å². The standard InChI is InChI=1S/C7H12NO/c1-7(9)8-5-3-2-4-6-8/h5H,2-4,6H2,1H3/q+1/i6+1,8+1. The van der Waals surface area contributed by atoms with Crippen LogP contribution in [0.3, 0.4) is 0 Å². The SMILES string of the molecule is CC(=O)[15N+]1=CCCC[13CH2]1. The number of nitrogens with zero attached hydrogens (tertiary/aromatic N) is 1. The van der Waals surface area contributed by atoms with Gasteiger partial charge in [-0.05, 0) is 6.42 Å². The molecule has 2 nitrogen and oxygen atoms in total. The highest BCUT2D eigenvalue weighted by atomic mass is 16.2. The van der Waals surface area contributed by atoms with Crippen LogP contribution < -0.4 is 0 Å². The van der Waals surface area contributed by atoms with Gasteiger partial charge in [0, 0.05) is 12.8 Å². The van der Waals surface area contributed by atoms with Crippen molar-refractivity contribution >= 4 is 12.1 Å². The molecule has 0 N–H and O–H groups in total. The Morgan fingerprint density at radius 2 is 2.33 bits per heavy atom. The molecule has 0 aromatic rings. The van der Waals surface area contributed by atoms with Gasteiger partial charge in [0.1, 0.15) is 6.21 Å². The predicted octanol–water partition coefficient (Wildman–Crippen LogP) is 0.800. The Hall–Kier alpha value is -0.660. The van der Waals surface area contributed by atoms with Gasteiger partial charge in [-0.15, -0.1) is 0 Å². The van der Waals surface area contributed by atoms with E-state index in [1.165, 1.54) is 6.42 Å². The predicted molar refractivity (Wildman–Crippen MR) is 35.7 cm³/mol. The van der Waals surface area contributed by atoms with E-state index < -0.39 is 0 Å². The van der Waals surface area contributed by atoms with Gasteiger partial charge in [-0.2, -0.15) is 4.58 Å². The average Bonchev–Trinajstić information content (AvgIpc) is 1.90. The van der Waals surface area contributed by atoms with E-state index in [9.17, 15) is 4.79 Å². The lowest BCUT2D eigenvalue weighted by molar-refractivity contribution is -0.448. The molecule has 0 aromatic carbocycles. The van der Waals surface area contributed by atoms with Crippen molar-refractivity contribution in [1.29, 1.82) is 0 Å². The minimum atomic E-state index is 0.176. The van der Waals surface area contributed by atoms with E-state index in [1.54, 1.807) is 11.5 Å². The van der Waals surface area contributed by atoms with Gasteiger partial charge >= 0.3 is 5.91 Å². The first-order valence-electron chi connectivity index (χ1n) is 3.41. The van der Waals surface area contributed by atoms with E-state index in [-0.39, 0.29) is 5.91 Å². The molecule has 0 saturated heterocycles. The normalized spacial score (nSPS) is 19.0. The van der Waals surface area contributed by atoms with Gasteiger partial charge in [0.15, 0.2) is 6.54 Å². The molecule has 0 bridgehead atoms. The molecule has 0 saturated carbocycles. The molecule has 0 aromatic heterocycles. The number of hydrogen-bond acceptors (Lipinski definition) is 1. The minimum absolute atomic E-state index is 0.176. The molecule has 0 fully saturated rings. The number of carbonyl (C=O) groups is 1. The van der Waals surface area contributed by atoms with Crippen molar-refractivity contribution in [2.24, 2.45) is 0 Å². The lowest BCUT2D eigenvalue weighted by Crippen LogP contribution is -2.23. The molecule has 0 radical (unpaired) electrons. The molecule has 1 aliphatic rings. The number of rotatable bonds is 0. The highest BCUT2D eigenvalue weighted by molar-refractivity contribution is 5.70. The molecular formula is C7H12NO+. The van der Waals surface area contributed by atoms with Crippen LogP contribution in [-0.2, 0) is 4.79 Å². The molecule has 1 aliphatic heterocycles. The van der Waals surface area contributed by atoms with Crippen LogP contribution in [0.4, 0.5) is 0 Å². The highest BCUT2D eigenvalue weighted by Crippen LogP contribution is 1.99. The third kappa shape index (κ3) is 1.63. The second-order valence-electron chi connectivity index (χ2n) is 2.39. The first kappa shape index (κ1) is 6.46. The second kappa shape index (κ2) is 2.76. The van der Waals surface area contributed by atoms with Crippen LogP contribution in [0, 0.1) is 0 Å². The average molecular weight is 128 g/mol. The third-order valence-electron chi connectivity index (χ3n) is 1.61. The summed E-state index contributed by atoms with van der Waals surface area (Å²) in [5, 5.41) is 0. The molecule has 0 aliphatic carbocycles. The van der Waals surface area contributed by atoms with Crippen molar-refractivity contribution in [3.63, 3.8) is 0 Å². The Balaban J connectivity index is 2.57. The first-order valence-corrected chi connectivity index (χ1v) is 3.41. The van der Waals surface area contributed by atoms with Gasteiger partial charge in [0.05, 0.1) is 6.92 Å². The summed E-state index contributed by atoms with van der Waals surface area (Å²) in [6, 6.07) is 0. The van der Waals surface area contributed by atoms with Gasteiger partial charge in [0.2, 0.25) is 0 Å². The Morgan fingerprint density at radius 3 is 2.67 bits per heavy atom. The van der Waals surface area contributed by atoms with Gasteiger partial charge < -0.3 is 0 Å². The van der Waals surface area contributed by atoms with E-state index in [4.69, 9.17) is 0 Å². The molecule has 0 atom stereocenters. The van der Waals surface area contributed by atoms with E-state index in [1.807, 2.05) is 6.21 Å². The maximum absolute atomic E-state index is 10.7. The molecule has 50 valence electrons. The van der Waals surface area contributed by atoms with Crippen molar-refractivity contribution in [2.75, 3.05) is 6.54 Å². The fourth-order valence-electron chi connectivity index (χ4n) is 1.05. The Morgan fingerprint density at radius 1 is 1.56 bits per heavy atom. The number of hydrogen-bond donors (Lipinski definition) is 0. The lowest BCUT2D eigenvalue weighted by atomic mass is 10.3. The van der Waals surface area contributed by atoms with Crippen molar-refractivity contribution in [1.82, 2.24) is 0 Å². The molecular weight excluding hydrogens is 116 g/mol. The lowest BCUT2D eigenvalue weighted by Gasteiger charge is -2.02. The molecule has 1 rings (SSSR count). The summed E-state index contributed by atoms with van der Waals surface area (Å²) in [6.45, 7) is 2.54. The van der Waals surface area contributed by atoms with Crippen LogP contribution in [0.15, 0.2) is 0 Å². The van der Waals surface area contributed by atoms with Gasteiger partial charge in [-0.1, -0.05) is 0 Å². The summed E-state index contributed by atoms with van der Waals surface area (Å²) in [5.74, 6) is 0.176. The van der Waals surface area contributed by atoms with E-state index in [0.717, 1.165) is 19.4 Å². The van der Waals surface area contributed by atoms with Crippen molar-refractivity contribution in [3.05, 3.63) is 0 Å². The van der Waals surface area contributed by atoms with E-state index in [2.05, 4.69) is 0 Å². The summed E-state index contributed by atoms with van der Waals surface area (Å²) in [5.41, 5.74) is 0. The zero-order valence-corrected chi connectivity index (χ0v) is 5.76. The minimum Gasteiger partial charge on any atom is -0.220 e. The number of amides is 1. The molecule has 1 amide bonds. The summed E-state index contributed by atoms with van der Waals surface area (Å²) in [4.78, 5) is 10.7. The van der Waals surface area contributed by atoms with Crippen LogP contribution in [0.1, 0.15) is 26.2 Å².